The van der Waals surface area contributed by atoms with Crippen LogP contribution in [0.2, 0.25) is 0 Å². The quantitative estimate of drug-likeness (QED) is 0.542. The summed E-state index contributed by atoms with van der Waals surface area (Å²) < 4.78 is 10.0. The van der Waals surface area contributed by atoms with Gasteiger partial charge in [0.25, 0.3) is 0 Å². The van der Waals surface area contributed by atoms with Crippen LogP contribution in [0.1, 0.15) is 13.8 Å². The molecule has 0 bridgehead atoms. The fourth-order valence-corrected chi connectivity index (χ4v) is 0.832. The Morgan fingerprint density at radius 1 is 1.31 bits per heavy atom. The first-order valence-corrected chi connectivity index (χ1v) is 5.23. The SMILES string of the molecule is CCOCCOCC(=O)NCC(C)C(=O)O. The van der Waals surface area contributed by atoms with Crippen molar-refractivity contribution < 1.29 is 24.2 Å². The second kappa shape index (κ2) is 9.11. The molecule has 94 valence electrons. The Kier molecular flexibility index (Phi) is 8.46. The van der Waals surface area contributed by atoms with E-state index < -0.39 is 11.9 Å². The summed E-state index contributed by atoms with van der Waals surface area (Å²) in [5.74, 6) is -1.84. The van der Waals surface area contributed by atoms with E-state index in [9.17, 15) is 9.59 Å². The number of aliphatic carboxylic acids is 1. The van der Waals surface area contributed by atoms with Crippen molar-refractivity contribution in [1.29, 1.82) is 0 Å². The van der Waals surface area contributed by atoms with Crippen LogP contribution in [-0.2, 0) is 19.1 Å². The van der Waals surface area contributed by atoms with Crippen LogP contribution in [-0.4, -0.2) is 50.0 Å². The Balaban J connectivity index is 3.41. The maximum atomic E-state index is 11.1. The van der Waals surface area contributed by atoms with Crippen LogP contribution in [0.15, 0.2) is 0 Å². The number of amides is 1. The molecule has 2 N–H and O–H groups in total. The van der Waals surface area contributed by atoms with Crippen LogP contribution in [0.5, 0.6) is 0 Å². The first kappa shape index (κ1) is 14.9. The van der Waals surface area contributed by atoms with Gasteiger partial charge in [0.05, 0.1) is 19.1 Å². The third kappa shape index (κ3) is 8.19. The van der Waals surface area contributed by atoms with Crippen molar-refractivity contribution in [2.45, 2.75) is 13.8 Å². The minimum atomic E-state index is -0.933. The van der Waals surface area contributed by atoms with Gasteiger partial charge in [0.1, 0.15) is 6.61 Å². The Labute approximate surface area is 94.9 Å². The number of nitrogens with one attached hydrogen (secondary N) is 1. The largest absolute Gasteiger partial charge is 0.481 e. The number of carboxylic acid groups (broad SMARTS) is 1. The van der Waals surface area contributed by atoms with Crippen LogP contribution in [0.25, 0.3) is 0 Å². The van der Waals surface area contributed by atoms with Gasteiger partial charge in [-0.1, -0.05) is 6.92 Å². The van der Waals surface area contributed by atoms with Gasteiger partial charge in [-0.05, 0) is 6.92 Å². The lowest BCUT2D eigenvalue weighted by Gasteiger charge is -2.08. The summed E-state index contributed by atoms with van der Waals surface area (Å²) >= 11 is 0. The minimum absolute atomic E-state index is 0.0700. The second-order valence-electron chi connectivity index (χ2n) is 3.29. The van der Waals surface area contributed by atoms with Crippen LogP contribution < -0.4 is 5.32 Å². The van der Waals surface area contributed by atoms with E-state index >= 15 is 0 Å². The summed E-state index contributed by atoms with van der Waals surface area (Å²) in [5.41, 5.74) is 0. The molecule has 0 heterocycles. The maximum Gasteiger partial charge on any atom is 0.308 e. The van der Waals surface area contributed by atoms with E-state index in [2.05, 4.69) is 5.32 Å². The molecule has 0 fully saturated rings. The molecule has 0 aliphatic rings. The van der Waals surface area contributed by atoms with Crippen molar-refractivity contribution in [1.82, 2.24) is 5.32 Å². The zero-order valence-corrected chi connectivity index (χ0v) is 9.69. The summed E-state index contributed by atoms with van der Waals surface area (Å²) in [6, 6.07) is 0. The summed E-state index contributed by atoms with van der Waals surface area (Å²) in [5, 5.41) is 11.0. The molecule has 0 aliphatic carbocycles. The number of hydrogen-bond donors (Lipinski definition) is 2. The Morgan fingerprint density at radius 2 is 1.94 bits per heavy atom. The zero-order chi connectivity index (χ0) is 12.4. The molecule has 0 saturated carbocycles. The van der Waals surface area contributed by atoms with Gasteiger partial charge < -0.3 is 19.9 Å². The molecule has 6 heteroatoms. The third-order valence-corrected chi connectivity index (χ3v) is 1.84. The molecule has 0 aromatic rings. The molecule has 0 spiro atoms. The second-order valence-corrected chi connectivity index (χ2v) is 3.29. The number of carbonyl (C=O) groups excluding carboxylic acids is 1. The average Bonchev–Trinajstić information content (AvgIpc) is 2.25. The van der Waals surface area contributed by atoms with Crippen LogP contribution >= 0.6 is 0 Å². The number of carbonyl (C=O) groups is 2. The predicted molar refractivity (Wildman–Crippen MR) is 57.1 cm³/mol. The fraction of sp³-hybridized carbons (Fsp3) is 0.800. The Morgan fingerprint density at radius 3 is 2.50 bits per heavy atom. The smallest absolute Gasteiger partial charge is 0.308 e. The fourth-order valence-electron chi connectivity index (χ4n) is 0.832. The number of hydrogen-bond acceptors (Lipinski definition) is 4. The van der Waals surface area contributed by atoms with Gasteiger partial charge in [-0.15, -0.1) is 0 Å². The number of ether oxygens (including phenoxy) is 2. The highest BCUT2D eigenvalue weighted by molar-refractivity contribution is 5.78. The molecule has 16 heavy (non-hydrogen) atoms. The van der Waals surface area contributed by atoms with Crippen LogP contribution in [0.3, 0.4) is 0 Å². The monoisotopic (exact) mass is 233 g/mol. The summed E-state index contributed by atoms with van der Waals surface area (Å²) in [4.78, 5) is 21.6. The van der Waals surface area contributed by atoms with E-state index in [0.717, 1.165) is 0 Å². The van der Waals surface area contributed by atoms with E-state index in [4.69, 9.17) is 14.6 Å². The lowest BCUT2D eigenvalue weighted by molar-refractivity contribution is -0.141. The van der Waals surface area contributed by atoms with Crippen molar-refractivity contribution in [3.8, 4) is 0 Å². The molecule has 1 atom stereocenters. The van der Waals surface area contributed by atoms with E-state index in [0.29, 0.717) is 19.8 Å². The molecule has 0 aromatic carbocycles. The molecule has 0 aromatic heterocycles. The highest BCUT2D eigenvalue weighted by Gasteiger charge is 2.11. The predicted octanol–water partition coefficient (Wildman–Crippen LogP) is -0.124. The van der Waals surface area contributed by atoms with Crippen LogP contribution in [0, 0.1) is 5.92 Å². The first-order chi connectivity index (χ1) is 7.57. The van der Waals surface area contributed by atoms with E-state index in [1.54, 1.807) is 0 Å². The van der Waals surface area contributed by atoms with E-state index in [1.165, 1.54) is 6.92 Å². The molecule has 6 nitrogen and oxygen atoms in total. The average molecular weight is 233 g/mol. The van der Waals surface area contributed by atoms with Gasteiger partial charge in [0.15, 0.2) is 0 Å². The van der Waals surface area contributed by atoms with E-state index in [-0.39, 0.29) is 19.1 Å². The molecular weight excluding hydrogens is 214 g/mol. The normalized spacial score (nSPS) is 12.1. The summed E-state index contributed by atoms with van der Waals surface area (Å²) in [7, 11) is 0. The Bertz CT molecular complexity index is 219. The van der Waals surface area contributed by atoms with E-state index in [1.807, 2.05) is 6.92 Å². The molecule has 0 radical (unpaired) electrons. The van der Waals surface area contributed by atoms with Crippen LogP contribution in [0.4, 0.5) is 0 Å². The number of rotatable bonds is 9. The number of carboxylic acids is 1. The molecular formula is C10H19NO5. The standard InChI is InChI=1S/C10H19NO5/c1-3-15-4-5-16-7-9(12)11-6-8(2)10(13)14/h8H,3-7H2,1-2H3,(H,11,12)(H,13,14). The molecule has 1 amide bonds. The van der Waals surface area contributed by atoms with Gasteiger partial charge in [-0.2, -0.15) is 0 Å². The minimum Gasteiger partial charge on any atom is -0.481 e. The molecule has 0 saturated heterocycles. The van der Waals surface area contributed by atoms with Crippen molar-refractivity contribution >= 4 is 11.9 Å². The van der Waals surface area contributed by atoms with Gasteiger partial charge in [-0.25, -0.2) is 0 Å². The van der Waals surface area contributed by atoms with Gasteiger partial charge >= 0.3 is 5.97 Å². The Hall–Kier alpha value is -1.14. The van der Waals surface area contributed by atoms with Gasteiger partial charge in [0.2, 0.25) is 5.91 Å². The third-order valence-electron chi connectivity index (χ3n) is 1.84. The maximum absolute atomic E-state index is 11.1. The van der Waals surface area contributed by atoms with Gasteiger partial charge in [-0.3, -0.25) is 9.59 Å². The molecule has 0 rings (SSSR count). The highest BCUT2D eigenvalue weighted by Crippen LogP contribution is 1.91. The molecule has 1 unspecified atom stereocenters. The summed E-state index contributed by atoms with van der Waals surface area (Å²) in [6.07, 6.45) is 0. The summed E-state index contributed by atoms with van der Waals surface area (Å²) in [6.45, 7) is 4.87. The topological polar surface area (TPSA) is 84.9 Å². The highest BCUT2D eigenvalue weighted by atomic mass is 16.5. The lowest BCUT2D eigenvalue weighted by Crippen LogP contribution is -2.34. The van der Waals surface area contributed by atoms with Crippen molar-refractivity contribution in [2.24, 2.45) is 5.92 Å². The molecule has 0 aliphatic heterocycles. The van der Waals surface area contributed by atoms with Crippen molar-refractivity contribution in [3.63, 3.8) is 0 Å². The van der Waals surface area contributed by atoms with Gasteiger partial charge in [0, 0.05) is 13.2 Å². The van der Waals surface area contributed by atoms with Crippen molar-refractivity contribution in [3.05, 3.63) is 0 Å². The zero-order valence-electron chi connectivity index (χ0n) is 9.69. The lowest BCUT2D eigenvalue weighted by atomic mass is 10.2. The first-order valence-electron chi connectivity index (χ1n) is 5.23. The van der Waals surface area contributed by atoms with Crippen molar-refractivity contribution in [2.75, 3.05) is 33.0 Å².